The molecule has 0 spiro atoms. The Morgan fingerprint density at radius 2 is 2.40 bits per heavy atom. The van der Waals surface area contributed by atoms with Gasteiger partial charge in [-0.2, -0.15) is 0 Å². The van der Waals surface area contributed by atoms with Crippen molar-refractivity contribution in [1.29, 1.82) is 0 Å². The Morgan fingerprint density at radius 1 is 1.50 bits per heavy atom. The van der Waals surface area contributed by atoms with Crippen LogP contribution in [0.2, 0.25) is 0 Å². The highest BCUT2D eigenvalue weighted by atomic mass is 19.1. The molecule has 1 amide bonds. The maximum atomic E-state index is 13.1. The van der Waals surface area contributed by atoms with Crippen molar-refractivity contribution in [3.8, 4) is 0 Å². The first-order chi connectivity index (χ1) is 9.74. The molecular formula is C15H17FN2O2. The van der Waals surface area contributed by atoms with E-state index in [9.17, 15) is 9.18 Å². The predicted octanol–water partition coefficient (Wildman–Crippen LogP) is 2.14. The van der Waals surface area contributed by atoms with Crippen LogP contribution in [0.3, 0.4) is 0 Å². The van der Waals surface area contributed by atoms with Crippen molar-refractivity contribution in [2.24, 2.45) is 0 Å². The molecule has 0 bridgehead atoms. The molecule has 0 saturated carbocycles. The molecule has 2 aromatic rings. The van der Waals surface area contributed by atoms with Crippen molar-refractivity contribution in [2.45, 2.75) is 25.4 Å². The van der Waals surface area contributed by atoms with Crippen LogP contribution in [0.15, 0.2) is 24.4 Å². The zero-order valence-electron chi connectivity index (χ0n) is 11.1. The van der Waals surface area contributed by atoms with E-state index in [1.165, 1.54) is 12.1 Å². The van der Waals surface area contributed by atoms with Crippen LogP contribution in [0, 0.1) is 5.82 Å². The third kappa shape index (κ3) is 2.67. The molecule has 1 aliphatic rings. The number of rotatable bonds is 4. The summed E-state index contributed by atoms with van der Waals surface area (Å²) in [6.45, 7) is 1.23. The number of amides is 1. The van der Waals surface area contributed by atoms with Gasteiger partial charge in [-0.25, -0.2) is 4.39 Å². The molecule has 1 aromatic carbocycles. The molecule has 2 heterocycles. The molecule has 5 heteroatoms. The number of ether oxygens (including phenoxy) is 1. The van der Waals surface area contributed by atoms with E-state index in [1.807, 2.05) is 6.20 Å². The summed E-state index contributed by atoms with van der Waals surface area (Å²) in [5.41, 5.74) is 1.86. The third-order valence-electron chi connectivity index (χ3n) is 3.65. The van der Waals surface area contributed by atoms with Crippen LogP contribution in [0.1, 0.15) is 18.4 Å². The van der Waals surface area contributed by atoms with Crippen LogP contribution in [0.5, 0.6) is 0 Å². The number of hydrogen-bond donors (Lipinski definition) is 2. The van der Waals surface area contributed by atoms with E-state index >= 15 is 0 Å². The van der Waals surface area contributed by atoms with Crippen LogP contribution < -0.4 is 5.32 Å². The average Bonchev–Trinajstić information content (AvgIpc) is 3.08. The summed E-state index contributed by atoms with van der Waals surface area (Å²) >= 11 is 0. The summed E-state index contributed by atoms with van der Waals surface area (Å²) in [7, 11) is 0. The van der Waals surface area contributed by atoms with Gasteiger partial charge in [0.2, 0.25) is 5.91 Å². The van der Waals surface area contributed by atoms with E-state index in [2.05, 4.69) is 10.3 Å². The van der Waals surface area contributed by atoms with E-state index in [0.29, 0.717) is 19.6 Å². The summed E-state index contributed by atoms with van der Waals surface area (Å²) in [6, 6.07) is 4.69. The van der Waals surface area contributed by atoms with E-state index in [4.69, 9.17) is 4.74 Å². The van der Waals surface area contributed by atoms with E-state index in [0.717, 1.165) is 29.3 Å². The quantitative estimate of drug-likeness (QED) is 0.899. The van der Waals surface area contributed by atoms with Crippen LogP contribution in [-0.2, 0) is 16.0 Å². The molecule has 1 atom stereocenters. The molecule has 0 radical (unpaired) electrons. The number of carbonyl (C=O) groups is 1. The number of nitrogens with one attached hydrogen (secondary N) is 2. The number of hydrogen-bond acceptors (Lipinski definition) is 2. The smallest absolute Gasteiger partial charge is 0.249 e. The van der Waals surface area contributed by atoms with Gasteiger partial charge in [-0.15, -0.1) is 0 Å². The Kier molecular flexibility index (Phi) is 3.69. The summed E-state index contributed by atoms with van der Waals surface area (Å²) < 4.78 is 18.4. The lowest BCUT2D eigenvalue weighted by molar-refractivity contribution is -0.129. The van der Waals surface area contributed by atoms with Gasteiger partial charge in [0.15, 0.2) is 0 Å². The second kappa shape index (κ2) is 5.63. The number of benzene rings is 1. The molecule has 3 rings (SSSR count). The van der Waals surface area contributed by atoms with Gasteiger partial charge in [-0.1, -0.05) is 0 Å². The standard InChI is InChI=1S/C15H17FN2O2/c16-11-3-4-12-10(9-18-13(12)8-11)5-6-17-15(19)14-2-1-7-20-14/h3-4,8-9,14,18H,1-2,5-7H2,(H,17,19)/t14-/m1/s1. The molecule has 106 valence electrons. The maximum Gasteiger partial charge on any atom is 0.249 e. The number of H-pyrrole nitrogens is 1. The van der Waals surface area contributed by atoms with Crippen molar-refractivity contribution in [3.63, 3.8) is 0 Å². The van der Waals surface area contributed by atoms with Gasteiger partial charge in [0.25, 0.3) is 0 Å². The van der Waals surface area contributed by atoms with Crippen LogP contribution in [0.4, 0.5) is 4.39 Å². The zero-order valence-corrected chi connectivity index (χ0v) is 11.1. The minimum absolute atomic E-state index is 0.0339. The highest BCUT2D eigenvalue weighted by molar-refractivity contribution is 5.83. The molecule has 0 unspecified atom stereocenters. The minimum atomic E-state index is -0.285. The van der Waals surface area contributed by atoms with Gasteiger partial charge < -0.3 is 15.0 Å². The Labute approximate surface area is 116 Å². The first-order valence-corrected chi connectivity index (χ1v) is 6.89. The number of aromatic amines is 1. The molecular weight excluding hydrogens is 259 g/mol. The molecule has 2 N–H and O–H groups in total. The minimum Gasteiger partial charge on any atom is -0.368 e. The second-order valence-corrected chi connectivity index (χ2v) is 5.05. The first kappa shape index (κ1) is 13.1. The summed E-state index contributed by atoms with van der Waals surface area (Å²) in [5, 5.41) is 3.88. The SMILES string of the molecule is O=C(NCCc1c[nH]c2cc(F)ccc12)[C@H]1CCCO1. The molecule has 1 aromatic heterocycles. The van der Waals surface area contributed by atoms with Gasteiger partial charge >= 0.3 is 0 Å². The van der Waals surface area contributed by atoms with Gasteiger partial charge in [0.1, 0.15) is 11.9 Å². The van der Waals surface area contributed by atoms with Crippen LogP contribution >= 0.6 is 0 Å². The fourth-order valence-corrected chi connectivity index (χ4v) is 2.58. The van der Waals surface area contributed by atoms with Crippen molar-refractivity contribution in [3.05, 3.63) is 35.8 Å². The summed E-state index contributed by atoms with van der Waals surface area (Å²) in [6.07, 6.45) is 4.04. The number of halogens is 1. The maximum absolute atomic E-state index is 13.1. The molecule has 4 nitrogen and oxygen atoms in total. The van der Waals surface area contributed by atoms with Crippen molar-refractivity contribution < 1.29 is 13.9 Å². The normalized spacial score (nSPS) is 18.6. The molecule has 20 heavy (non-hydrogen) atoms. The largest absolute Gasteiger partial charge is 0.368 e. The average molecular weight is 276 g/mol. The van der Waals surface area contributed by atoms with E-state index in [-0.39, 0.29) is 17.8 Å². The zero-order chi connectivity index (χ0) is 13.9. The molecule has 0 aliphatic carbocycles. The molecule has 1 fully saturated rings. The fourth-order valence-electron chi connectivity index (χ4n) is 2.58. The lowest BCUT2D eigenvalue weighted by atomic mass is 10.1. The fraction of sp³-hybridized carbons (Fsp3) is 0.400. The Bertz CT molecular complexity index is 617. The van der Waals surface area contributed by atoms with Crippen molar-refractivity contribution in [1.82, 2.24) is 10.3 Å². The third-order valence-corrected chi connectivity index (χ3v) is 3.65. The number of carbonyl (C=O) groups excluding carboxylic acids is 1. The Morgan fingerprint density at radius 3 is 3.20 bits per heavy atom. The molecule has 1 saturated heterocycles. The van der Waals surface area contributed by atoms with E-state index in [1.54, 1.807) is 6.07 Å². The van der Waals surface area contributed by atoms with Crippen LogP contribution in [-0.4, -0.2) is 30.1 Å². The van der Waals surface area contributed by atoms with Crippen molar-refractivity contribution >= 4 is 16.8 Å². The van der Waals surface area contributed by atoms with Gasteiger partial charge in [-0.3, -0.25) is 4.79 Å². The number of aromatic nitrogens is 1. The Hall–Kier alpha value is -1.88. The monoisotopic (exact) mass is 276 g/mol. The lowest BCUT2D eigenvalue weighted by Gasteiger charge is -2.09. The lowest BCUT2D eigenvalue weighted by Crippen LogP contribution is -2.35. The van der Waals surface area contributed by atoms with Crippen LogP contribution in [0.25, 0.3) is 10.9 Å². The summed E-state index contributed by atoms with van der Waals surface area (Å²) in [5.74, 6) is -0.286. The van der Waals surface area contributed by atoms with Gasteiger partial charge in [0.05, 0.1) is 0 Å². The van der Waals surface area contributed by atoms with E-state index < -0.39 is 0 Å². The topological polar surface area (TPSA) is 54.1 Å². The second-order valence-electron chi connectivity index (χ2n) is 5.05. The highest BCUT2D eigenvalue weighted by Gasteiger charge is 2.22. The van der Waals surface area contributed by atoms with Gasteiger partial charge in [-0.05, 0) is 43.0 Å². The molecule has 1 aliphatic heterocycles. The first-order valence-electron chi connectivity index (χ1n) is 6.89. The highest BCUT2D eigenvalue weighted by Crippen LogP contribution is 2.19. The van der Waals surface area contributed by atoms with Crippen molar-refractivity contribution in [2.75, 3.05) is 13.2 Å². The summed E-state index contributed by atoms with van der Waals surface area (Å²) in [4.78, 5) is 14.8. The predicted molar refractivity (Wildman–Crippen MR) is 73.9 cm³/mol. The Balaban J connectivity index is 1.58. The van der Waals surface area contributed by atoms with Gasteiger partial charge in [0, 0.05) is 30.3 Å². The number of fused-ring (bicyclic) bond motifs is 1.